The molecular weight excluding hydrogens is 621 g/mol. The van der Waals surface area contributed by atoms with Crippen LogP contribution in [0.4, 0.5) is 0 Å². The normalized spacial score (nSPS) is 10.9. The van der Waals surface area contributed by atoms with Gasteiger partial charge in [-0.25, -0.2) is 29.9 Å². The van der Waals surface area contributed by atoms with Crippen molar-refractivity contribution >= 4 is 11.8 Å². The Bertz CT molecular complexity index is 2030. The highest BCUT2D eigenvalue weighted by Crippen LogP contribution is 2.32. The Morgan fingerprint density at radius 1 is 0.224 bits per heavy atom. The van der Waals surface area contributed by atoms with Crippen LogP contribution in [0.15, 0.2) is 180 Å². The number of benzene rings is 6. The maximum Gasteiger partial charge on any atom is 0.164 e. The first kappa shape index (κ1) is 30.1. The summed E-state index contributed by atoms with van der Waals surface area (Å²) in [7, 11) is 0. The first-order chi connectivity index (χ1) is 24.2. The topological polar surface area (TPSA) is 77.3 Å². The fraction of sp³-hybridized carbons (Fsp3) is 0. The van der Waals surface area contributed by atoms with Crippen molar-refractivity contribution in [3.8, 4) is 68.3 Å². The third kappa shape index (κ3) is 6.88. The van der Waals surface area contributed by atoms with E-state index in [1.165, 1.54) is 0 Å². The third-order valence-electron chi connectivity index (χ3n) is 7.86. The van der Waals surface area contributed by atoms with Crippen LogP contribution in [0.1, 0.15) is 0 Å². The fourth-order valence-electron chi connectivity index (χ4n) is 5.36. The molecule has 7 heteroatoms. The first-order valence-electron chi connectivity index (χ1n) is 15.9. The number of hydrogen-bond acceptors (Lipinski definition) is 7. The molecule has 0 atom stereocenters. The van der Waals surface area contributed by atoms with Crippen molar-refractivity contribution in [1.29, 1.82) is 0 Å². The van der Waals surface area contributed by atoms with E-state index in [4.69, 9.17) is 29.9 Å². The quantitative estimate of drug-likeness (QED) is 0.162. The van der Waals surface area contributed by atoms with Gasteiger partial charge in [-0.3, -0.25) is 0 Å². The average molecular weight is 649 g/mol. The summed E-state index contributed by atoms with van der Waals surface area (Å²) >= 11 is 1.69. The SMILES string of the molecule is c1ccc(-c2nc(-c3ccccc3)nc(-c3ccc(Sc4ccc(-c5nc(-c6ccccc6)nc(-c6ccccc6)n5)cc4)cc3)n2)cc1. The van der Waals surface area contributed by atoms with E-state index >= 15 is 0 Å². The highest BCUT2D eigenvalue weighted by atomic mass is 32.2. The maximum atomic E-state index is 4.86. The summed E-state index contributed by atoms with van der Waals surface area (Å²) in [5.74, 6) is 3.85. The Kier molecular flexibility index (Phi) is 8.47. The number of aromatic nitrogens is 6. The van der Waals surface area contributed by atoms with E-state index in [0.717, 1.165) is 43.2 Å². The highest BCUT2D eigenvalue weighted by molar-refractivity contribution is 7.99. The van der Waals surface area contributed by atoms with E-state index in [1.54, 1.807) is 11.8 Å². The number of rotatable bonds is 8. The summed E-state index contributed by atoms with van der Waals surface area (Å²) in [5, 5.41) is 0. The Labute approximate surface area is 288 Å². The monoisotopic (exact) mass is 648 g/mol. The molecule has 0 bridgehead atoms. The average Bonchev–Trinajstić information content (AvgIpc) is 3.19. The zero-order valence-corrected chi connectivity index (χ0v) is 27.1. The van der Waals surface area contributed by atoms with Crippen LogP contribution in [0.25, 0.3) is 68.3 Å². The summed E-state index contributed by atoms with van der Waals surface area (Å²) < 4.78 is 0. The predicted octanol–water partition coefficient (Wildman–Crippen LogP) is 10.2. The van der Waals surface area contributed by atoms with Gasteiger partial charge in [-0.1, -0.05) is 157 Å². The smallest absolute Gasteiger partial charge is 0.164 e. The zero-order valence-electron chi connectivity index (χ0n) is 26.3. The maximum absolute atomic E-state index is 4.86. The molecule has 0 radical (unpaired) electrons. The van der Waals surface area contributed by atoms with E-state index in [9.17, 15) is 0 Å². The van der Waals surface area contributed by atoms with Gasteiger partial charge in [0.25, 0.3) is 0 Å². The van der Waals surface area contributed by atoms with Gasteiger partial charge in [0.1, 0.15) is 0 Å². The first-order valence-corrected chi connectivity index (χ1v) is 16.7. The molecule has 0 N–H and O–H groups in total. The molecule has 0 saturated carbocycles. The Hall–Kier alpha value is -6.31. The fourth-order valence-corrected chi connectivity index (χ4v) is 6.17. The molecule has 0 unspecified atom stereocenters. The van der Waals surface area contributed by atoms with Gasteiger partial charge in [0.15, 0.2) is 34.9 Å². The van der Waals surface area contributed by atoms with Crippen LogP contribution < -0.4 is 0 Å². The highest BCUT2D eigenvalue weighted by Gasteiger charge is 2.14. The van der Waals surface area contributed by atoms with Crippen LogP contribution in [-0.4, -0.2) is 29.9 Å². The van der Waals surface area contributed by atoms with Crippen molar-refractivity contribution in [2.24, 2.45) is 0 Å². The van der Waals surface area contributed by atoms with E-state index in [0.29, 0.717) is 34.9 Å². The lowest BCUT2D eigenvalue weighted by molar-refractivity contribution is 1.07. The van der Waals surface area contributed by atoms with Crippen LogP contribution >= 0.6 is 11.8 Å². The third-order valence-corrected chi connectivity index (χ3v) is 8.88. The Balaban J connectivity index is 1.06. The van der Waals surface area contributed by atoms with Gasteiger partial charge in [-0.15, -0.1) is 0 Å². The van der Waals surface area contributed by atoms with E-state index in [-0.39, 0.29) is 0 Å². The van der Waals surface area contributed by atoms with Crippen LogP contribution in [0.5, 0.6) is 0 Å². The van der Waals surface area contributed by atoms with Crippen molar-refractivity contribution in [1.82, 2.24) is 29.9 Å². The van der Waals surface area contributed by atoms with Gasteiger partial charge >= 0.3 is 0 Å². The van der Waals surface area contributed by atoms with Gasteiger partial charge < -0.3 is 0 Å². The lowest BCUT2D eigenvalue weighted by atomic mass is 10.1. The van der Waals surface area contributed by atoms with Crippen molar-refractivity contribution in [3.63, 3.8) is 0 Å². The molecule has 0 spiro atoms. The Morgan fingerprint density at radius 2 is 0.429 bits per heavy atom. The molecule has 8 aromatic rings. The van der Waals surface area contributed by atoms with E-state index in [1.807, 2.05) is 121 Å². The lowest BCUT2D eigenvalue weighted by Gasteiger charge is -2.10. The van der Waals surface area contributed by atoms with Crippen LogP contribution in [0, 0.1) is 0 Å². The summed E-state index contributed by atoms with van der Waals surface area (Å²) in [6.45, 7) is 0. The molecule has 0 saturated heterocycles. The molecule has 0 aliphatic rings. The molecule has 232 valence electrons. The summed E-state index contributed by atoms with van der Waals surface area (Å²) in [5.41, 5.74) is 5.64. The van der Waals surface area contributed by atoms with E-state index in [2.05, 4.69) is 48.5 Å². The molecule has 0 amide bonds. The van der Waals surface area contributed by atoms with Crippen LogP contribution in [0.2, 0.25) is 0 Å². The van der Waals surface area contributed by atoms with Gasteiger partial charge in [0.2, 0.25) is 0 Å². The van der Waals surface area contributed by atoms with Crippen molar-refractivity contribution in [2.75, 3.05) is 0 Å². The zero-order chi connectivity index (χ0) is 32.8. The van der Waals surface area contributed by atoms with Gasteiger partial charge in [0, 0.05) is 43.2 Å². The molecule has 0 aliphatic carbocycles. The summed E-state index contributed by atoms with van der Waals surface area (Å²) in [6.07, 6.45) is 0. The predicted molar refractivity (Wildman–Crippen MR) is 196 cm³/mol. The minimum Gasteiger partial charge on any atom is -0.208 e. The second-order valence-corrected chi connectivity index (χ2v) is 12.4. The van der Waals surface area contributed by atoms with Gasteiger partial charge in [-0.05, 0) is 24.3 Å². The second-order valence-electron chi connectivity index (χ2n) is 11.2. The van der Waals surface area contributed by atoms with Crippen molar-refractivity contribution < 1.29 is 0 Å². The molecule has 6 aromatic carbocycles. The van der Waals surface area contributed by atoms with Crippen molar-refractivity contribution in [3.05, 3.63) is 170 Å². The molecule has 0 aliphatic heterocycles. The minimum atomic E-state index is 0.635. The van der Waals surface area contributed by atoms with E-state index < -0.39 is 0 Å². The molecule has 0 fully saturated rings. The standard InChI is InChI=1S/C42H28N6S/c1-5-13-29(14-6-1)37-43-38(30-15-7-2-8-16-30)46-41(45-37)33-21-25-35(26-22-33)49-36-27-23-34(24-28-36)42-47-39(31-17-9-3-10-18-31)44-40(48-42)32-19-11-4-12-20-32/h1-28H. The molecule has 49 heavy (non-hydrogen) atoms. The molecule has 2 heterocycles. The molecule has 2 aromatic heterocycles. The second kappa shape index (κ2) is 13.8. The minimum absolute atomic E-state index is 0.635. The van der Waals surface area contributed by atoms with Crippen LogP contribution in [0.3, 0.4) is 0 Å². The molecule has 8 rings (SSSR count). The molecular formula is C42H28N6S. The van der Waals surface area contributed by atoms with Gasteiger partial charge in [0.05, 0.1) is 0 Å². The van der Waals surface area contributed by atoms with Crippen molar-refractivity contribution in [2.45, 2.75) is 9.79 Å². The largest absolute Gasteiger partial charge is 0.208 e. The lowest BCUT2D eigenvalue weighted by Crippen LogP contribution is -2.00. The van der Waals surface area contributed by atoms with Gasteiger partial charge in [-0.2, -0.15) is 0 Å². The number of hydrogen-bond donors (Lipinski definition) is 0. The summed E-state index contributed by atoms with van der Waals surface area (Å²) in [4.78, 5) is 31.2. The van der Waals surface area contributed by atoms with Crippen LogP contribution in [-0.2, 0) is 0 Å². The summed E-state index contributed by atoms with van der Waals surface area (Å²) in [6, 6.07) is 56.7. The number of nitrogens with zero attached hydrogens (tertiary/aromatic N) is 6. The Morgan fingerprint density at radius 3 is 0.653 bits per heavy atom. The molecule has 6 nitrogen and oxygen atoms in total.